The Bertz CT molecular complexity index is 1050. The zero-order valence-corrected chi connectivity index (χ0v) is 14.4. The van der Waals surface area contributed by atoms with Gasteiger partial charge in [0.05, 0.1) is 0 Å². The zero-order valence-electron chi connectivity index (χ0n) is 13.6. The molecule has 5 heteroatoms. The predicted molar refractivity (Wildman–Crippen MR) is 101 cm³/mol. The predicted octanol–water partition coefficient (Wildman–Crippen LogP) is 5.67. The molecule has 0 N–H and O–H groups in total. The van der Waals surface area contributed by atoms with Gasteiger partial charge in [-0.15, -0.1) is 0 Å². The van der Waals surface area contributed by atoms with Crippen molar-refractivity contribution in [2.45, 2.75) is 0 Å². The Kier molecular flexibility index (Phi) is 4.42. The van der Waals surface area contributed by atoms with E-state index < -0.39 is 0 Å². The second-order valence-electron chi connectivity index (χ2n) is 5.71. The number of hydrogen-bond acceptors (Lipinski definition) is 3. The largest absolute Gasteiger partial charge is 0.226 e. The van der Waals surface area contributed by atoms with Crippen molar-refractivity contribution in [2.24, 2.45) is 0 Å². The van der Waals surface area contributed by atoms with E-state index in [0.29, 0.717) is 11.6 Å². The van der Waals surface area contributed by atoms with Crippen molar-refractivity contribution in [1.29, 1.82) is 0 Å². The summed E-state index contributed by atoms with van der Waals surface area (Å²) in [5.74, 6) is 0.752. The van der Waals surface area contributed by atoms with Crippen LogP contribution in [-0.4, -0.2) is 15.0 Å². The number of rotatable bonds is 3. The van der Waals surface area contributed by atoms with E-state index in [-0.39, 0.29) is 11.1 Å². The molecule has 0 atom stereocenters. The van der Waals surface area contributed by atoms with E-state index in [0.717, 1.165) is 22.3 Å². The van der Waals surface area contributed by atoms with Crippen molar-refractivity contribution < 1.29 is 4.39 Å². The van der Waals surface area contributed by atoms with Gasteiger partial charge in [0.2, 0.25) is 5.28 Å². The second-order valence-corrected chi connectivity index (χ2v) is 6.04. The van der Waals surface area contributed by atoms with Gasteiger partial charge >= 0.3 is 0 Å². The first-order valence-corrected chi connectivity index (χ1v) is 8.40. The molecule has 0 aliphatic rings. The van der Waals surface area contributed by atoms with Crippen LogP contribution in [0.25, 0.3) is 33.9 Å². The van der Waals surface area contributed by atoms with Gasteiger partial charge in [-0.1, -0.05) is 60.7 Å². The average molecular weight is 362 g/mol. The molecule has 4 aromatic rings. The topological polar surface area (TPSA) is 38.7 Å². The van der Waals surface area contributed by atoms with Crippen LogP contribution in [0.5, 0.6) is 0 Å². The Morgan fingerprint density at radius 1 is 0.577 bits per heavy atom. The molecule has 4 rings (SSSR count). The second kappa shape index (κ2) is 7.02. The van der Waals surface area contributed by atoms with Crippen molar-refractivity contribution in [1.82, 2.24) is 15.0 Å². The molecule has 3 nitrogen and oxygen atoms in total. The lowest BCUT2D eigenvalue weighted by Gasteiger charge is -2.07. The highest BCUT2D eigenvalue weighted by Gasteiger charge is 2.10. The van der Waals surface area contributed by atoms with E-state index in [9.17, 15) is 4.39 Å². The molecule has 0 fully saturated rings. The van der Waals surface area contributed by atoms with Gasteiger partial charge in [0.1, 0.15) is 5.82 Å². The van der Waals surface area contributed by atoms with E-state index in [2.05, 4.69) is 15.0 Å². The maximum absolute atomic E-state index is 13.2. The molecular weight excluding hydrogens is 349 g/mol. The first-order chi connectivity index (χ1) is 12.7. The van der Waals surface area contributed by atoms with Crippen molar-refractivity contribution in [3.63, 3.8) is 0 Å². The first kappa shape index (κ1) is 16.4. The van der Waals surface area contributed by atoms with E-state index in [1.807, 2.05) is 54.6 Å². The summed E-state index contributed by atoms with van der Waals surface area (Å²) in [5, 5.41) is 0.140. The smallest absolute Gasteiger partial charge is 0.208 e. The van der Waals surface area contributed by atoms with Crippen LogP contribution in [-0.2, 0) is 0 Å². The minimum Gasteiger partial charge on any atom is -0.208 e. The maximum Gasteiger partial charge on any atom is 0.226 e. The molecule has 26 heavy (non-hydrogen) atoms. The summed E-state index contributed by atoms with van der Waals surface area (Å²) in [6.07, 6.45) is 0. The third-order valence-corrected chi connectivity index (χ3v) is 4.11. The fourth-order valence-electron chi connectivity index (χ4n) is 2.68. The van der Waals surface area contributed by atoms with Crippen LogP contribution in [0.15, 0.2) is 78.9 Å². The Hall–Kier alpha value is -3.11. The molecule has 1 heterocycles. The number of aromatic nitrogens is 3. The molecule has 0 aliphatic heterocycles. The first-order valence-electron chi connectivity index (χ1n) is 8.02. The summed E-state index contributed by atoms with van der Waals surface area (Å²) >= 11 is 6.12. The summed E-state index contributed by atoms with van der Waals surface area (Å²) in [4.78, 5) is 13.0. The fraction of sp³-hybridized carbons (Fsp3) is 0. The Labute approximate surface area is 155 Å². The summed E-state index contributed by atoms with van der Waals surface area (Å²) < 4.78 is 13.2. The van der Waals surface area contributed by atoms with Gasteiger partial charge in [0.15, 0.2) is 11.6 Å². The van der Waals surface area contributed by atoms with E-state index >= 15 is 0 Å². The van der Waals surface area contributed by atoms with Crippen molar-refractivity contribution in [3.05, 3.63) is 90.0 Å². The number of nitrogens with zero attached hydrogens (tertiary/aromatic N) is 3. The summed E-state index contributed by atoms with van der Waals surface area (Å²) in [6, 6.07) is 23.7. The van der Waals surface area contributed by atoms with Crippen LogP contribution in [0.2, 0.25) is 5.28 Å². The normalized spacial score (nSPS) is 10.7. The quantitative estimate of drug-likeness (QED) is 0.472. The molecule has 1 aromatic heterocycles. The monoisotopic (exact) mass is 361 g/mol. The highest BCUT2D eigenvalue weighted by atomic mass is 35.5. The van der Waals surface area contributed by atoms with Crippen LogP contribution in [0.3, 0.4) is 0 Å². The van der Waals surface area contributed by atoms with Gasteiger partial charge < -0.3 is 0 Å². The molecule has 0 radical (unpaired) electrons. The molecule has 0 saturated heterocycles. The summed E-state index contributed by atoms with van der Waals surface area (Å²) in [5.41, 5.74) is 3.54. The summed E-state index contributed by atoms with van der Waals surface area (Å²) in [7, 11) is 0. The van der Waals surface area contributed by atoms with Gasteiger partial charge in [0, 0.05) is 11.1 Å². The third kappa shape index (κ3) is 3.46. The Balaban J connectivity index is 1.77. The molecule has 0 amide bonds. The van der Waals surface area contributed by atoms with Crippen molar-refractivity contribution in [2.75, 3.05) is 0 Å². The minimum absolute atomic E-state index is 0.140. The number of benzene rings is 3. The van der Waals surface area contributed by atoms with E-state index in [1.165, 1.54) is 12.1 Å². The van der Waals surface area contributed by atoms with Gasteiger partial charge in [-0.2, -0.15) is 9.97 Å². The number of halogens is 2. The highest BCUT2D eigenvalue weighted by molar-refractivity contribution is 6.28. The van der Waals surface area contributed by atoms with Crippen LogP contribution in [0.1, 0.15) is 0 Å². The standard InChI is InChI=1S/C21H13ClFN3/c22-21-25-19(15-5-2-1-3-6-15)24-20(26-21)17-8-4-7-16(13-17)14-9-11-18(23)12-10-14/h1-13H. The van der Waals surface area contributed by atoms with Crippen LogP contribution < -0.4 is 0 Å². The lowest BCUT2D eigenvalue weighted by Crippen LogP contribution is -1.97. The van der Waals surface area contributed by atoms with Crippen molar-refractivity contribution in [3.8, 4) is 33.9 Å². The molecule has 126 valence electrons. The van der Waals surface area contributed by atoms with E-state index in [4.69, 9.17) is 11.6 Å². The molecule has 0 unspecified atom stereocenters. The molecule has 0 bridgehead atoms. The average Bonchev–Trinajstić information content (AvgIpc) is 2.69. The summed E-state index contributed by atoms with van der Waals surface area (Å²) in [6.45, 7) is 0. The van der Waals surface area contributed by atoms with E-state index in [1.54, 1.807) is 12.1 Å². The molecule has 0 saturated carbocycles. The lowest BCUT2D eigenvalue weighted by molar-refractivity contribution is 0.628. The zero-order chi connectivity index (χ0) is 17.9. The number of hydrogen-bond donors (Lipinski definition) is 0. The highest BCUT2D eigenvalue weighted by Crippen LogP contribution is 2.26. The van der Waals surface area contributed by atoms with Crippen LogP contribution >= 0.6 is 11.6 Å². The van der Waals surface area contributed by atoms with Gasteiger partial charge in [0.25, 0.3) is 0 Å². The molecule has 3 aromatic carbocycles. The van der Waals surface area contributed by atoms with Gasteiger partial charge in [-0.25, -0.2) is 9.37 Å². The molecular formula is C21H13ClFN3. The third-order valence-electron chi connectivity index (χ3n) is 3.94. The van der Waals surface area contributed by atoms with Gasteiger partial charge in [-0.3, -0.25) is 0 Å². The molecule has 0 aliphatic carbocycles. The van der Waals surface area contributed by atoms with Crippen molar-refractivity contribution >= 4 is 11.6 Å². The maximum atomic E-state index is 13.2. The van der Waals surface area contributed by atoms with Crippen LogP contribution in [0.4, 0.5) is 4.39 Å². The Morgan fingerprint density at radius 2 is 1.19 bits per heavy atom. The van der Waals surface area contributed by atoms with Crippen LogP contribution in [0, 0.1) is 5.82 Å². The Morgan fingerprint density at radius 3 is 1.92 bits per heavy atom. The minimum atomic E-state index is -0.262. The van der Waals surface area contributed by atoms with Gasteiger partial charge in [-0.05, 0) is 40.9 Å². The fourth-order valence-corrected chi connectivity index (χ4v) is 2.84. The SMILES string of the molecule is Fc1ccc(-c2cccc(-c3nc(Cl)nc(-c4ccccc4)n3)c2)cc1. The molecule has 0 spiro atoms. The lowest BCUT2D eigenvalue weighted by atomic mass is 10.0.